The van der Waals surface area contributed by atoms with Crippen LogP contribution in [0.25, 0.3) is 0 Å². The maximum absolute atomic E-state index is 8.40. The van der Waals surface area contributed by atoms with E-state index in [0.29, 0.717) is 6.42 Å². The summed E-state index contributed by atoms with van der Waals surface area (Å²) in [5, 5.41) is 8.40. The third-order valence-electron chi connectivity index (χ3n) is 0.537. The summed E-state index contributed by atoms with van der Waals surface area (Å²) < 4.78 is 0. The van der Waals surface area contributed by atoms with Crippen molar-refractivity contribution >= 4 is 0 Å². The lowest BCUT2D eigenvalue weighted by molar-refractivity contribution is 0.211. The van der Waals surface area contributed by atoms with Gasteiger partial charge < -0.3 is 5.11 Å². The van der Waals surface area contributed by atoms with E-state index in [9.17, 15) is 0 Å². The maximum Gasteiger partial charge on any atom is 0.0541 e. The summed E-state index contributed by atoms with van der Waals surface area (Å²) in [5.74, 6) is 0. The summed E-state index contributed by atoms with van der Waals surface area (Å²) in [6, 6.07) is 0. The average molecular weight is 86.1 g/mol. The van der Waals surface area contributed by atoms with Crippen LogP contribution < -0.4 is 0 Å². The van der Waals surface area contributed by atoms with Crippen LogP contribution in [0.5, 0.6) is 0 Å². The van der Waals surface area contributed by atoms with Crippen LogP contribution in [0.4, 0.5) is 0 Å². The molecule has 0 saturated carbocycles. The van der Waals surface area contributed by atoms with Crippen molar-refractivity contribution in [3.05, 3.63) is 13.8 Å². The standard InChI is InChI=1S/C5H10O/c1-3-4-5(2)6/h5-6H,1-4H2. The van der Waals surface area contributed by atoms with E-state index in [-0.39, 0.29) is 0 Å². The molecule has 0 saturated heterocycles. The zero-order chi connectivity index (χ0) is 4.99. The fraction of sp³-hybridized carbons (Fsp3) is 0.600. The summed E-state index contributed by atoms with van der Waals surface area (Å²) in [6.07, 6.45) is 1.06. The highest BCUT2D eigenvalue weighted by molar-refractivity contribution is 4.55. The average Bonchev–Trinajstić information content (AvgIpc) is 1.35. The highest BCUT2D eigenvalue weighted by Crippen LogP contribution is 1.90. The lowest BCUT2D eigenvalue weighted by Gasteiger charge is -1.95. The summed E-state index contributed by atoms with van der Waals surface area (Å²) in [6.45, 7) is 6.87. The van der Waals surface area contributed by atoms with Crippen molar-refractivity contribution in [2.75, 3.05) is 0 Å². The fourth-order valence-electron chi connectivity index (χ4n) is 0.236. The molecule has 0 fully saturated rings. The van der Waals surface area contributed by atoms with Crippen molar-refractivity contribution in [1.29, 1.82) is 0 Å². The van der Waals surface area contributed by atoms with Gasteiger partial charge in [-0.25, -0.2) is 0 Å². The summed E-state index contributed by atoms with van der Waals surface area (Å²) >= 11 is 0. The number of hydrogen-bond donors (Lipinski definition) is 1. The molecule has 1 unspecified atom stereocenters. The minimum atomic E-state index is -0.414. The van der Waals surface area contributed by atoms with Crippen LogP contribution in [-0.2, 0) is 0 Å². The SMILES string of the molecule is [CH2]CCC([CH2])O. The molecule has 1 N–H and O–H groups in total. The first kappa shape index (κ1) is 5.96. The van der Waals surface area contributed by atoms with Gasteiger partial charge in [0.15, 0.2) is 0 Å². The second-order valence-corrected chi connectivity index (χ2v) is 1.30. The van der Waals surface area contributed by atoms with Gasteiger partial charge in [0.25, 0.3) is 0 Å². The minimum absolute atomic E-state index is 0.414. The lowest BCUT2D eigenvalue weighted by atomic mass is 10.2. The summed E-state index contributed by atoms with van der Waals surface area (Å²) in [7, 11) is 0. The van der Waals surface area contributed by atoms with Crippen molar-refractivity contribution in [2.24, 2.45) is 0 Å². The van der Waals surface area contributed by atoms with Crippen LogP contribution in [0, 0.1) is 13.8 Å². The Morgan fingerprint density at radius 2 is 2.17 bits per heavy atom. The topological polar surface area (TPSA) is 20.2 Å². The monoisotopic (exact) mass is 86.1 g/mol. The summed E-state index contributed by atoms with van der Waals surface area (Å²) in [5.41, 5.74) is 0. The highest BCUT2D eigenvalue weighted by Gasteiger charge is 1.87. The molecule has 0 aromatic heterocycles. The Morgan fingerprint density at radius 1 is 1.67 bits per heavy atom. The molecule has 1 atom stereocenters. The van der Waals surface area contributed by atoms with Gasteiger partial charge in [-0.3, -0.25) is 0 Å². The van der Waals surface area contributed by atoms with E-state index < -0.39 is 6.10 Å². The van der Waals surface area contributed by atoms with Gasteiger partial charge >= 0.3 is 0 Å². The molecular formula is C5H10O. The number of aliphatic hydroxyl groups is 1. The van der Waals surface area contributed by atoms with Crippen molar-refractivity contribution in [3.63, 3.8) is 0 Å². The van der Waals surface area contributed by atoms with Gasteiger partial charge in [0.05, 0.1) is 6.10 Å². The Morgan fingerprint density at radius 3 is 2.17 bits per heavy atom. The zero-order valence-corrected chi connectivity index (χ0v) is 3.85. The molecule has 0 bridgehead atoms. The Labute approximate surface area is 39.0 Å². The van der Waals surface area contributed by atoms with E-state index in [1.54, 1.807) is 0 Å². The van der Waals surface area contributed by atoms with Crippen molar-refractivity contribution in [3.8, 4) is 0 Å². The lowest BCUT2D eigenvalue weighted by Crippen LogP contribution is -1.96. The largest absolute Gasteiger partial charge is 0.393 e. The molecule has 2 radical (unpaired) electrons. The molecule has 0 aliphatic heterocycles. The molecular weight excluding hydrogens is 76.1 g/mol. The highest BCUT2D eigenvalue weighted by atomic mass is 16.3. The molecule has 0 aliphatic carbocycles. The van der Waals surface area contributed by atoms with Gasteiger partial charge in [-0.2, -0.15) is 0 Å². The van der Waals surface area contributed by atoms with Crippen molar-refractivity contribution in [2.45, 2.75) is 18.9 Å². The smallest absolute Gasteiger partial charge is 0.0541 e. The van der Waals surface area contributed by atoms with Crippen LogP contribution in [0.15, 0.2) is 0 Å². The molecule has 1 nitrogen and oxygen atoms in total. The van der Waals surface area contributed by atoms with E-state index in [0.717, 1.165) is 6.42 Å². The van der Waals surface area contributed by atoms with Crippen molar-refractivity contribution < 1.29 is 5.11 Å². The second kappa shape index (κ2) is 3.16. The predicted octanol–water partition coefficient (Wildman–Crippen LogP) is 0.796. The molecule has 0 rings (SSSR count). The Bertz CT molecular complexity index is 25.1. The molecule has 0 aliphatic rings. The van der Waals surface area contributed by atoms with Crippen molar-refractivity contribution in [1.82, 2.24) is 0 Å². The first-order chi connectivity index (χ1) is 2.77. The molecule has 36 valence electrons. The summed E-state index contributed by atoms with van der Waals surface area (Å²) in [4.78, 5) is 0. The van der Waals surface area contributed by atoms with E-state index in [4.69, 9.17) is 5.11 Å². The zero-order valence-electron chi connectivity index (χ0n) is 3.85. The van der Waals surface area contributed by atoms with Crippen LogP contribution >= 0.6 is 0 Å². The van der Waals surface area contributed by atoms with Crippen LogP contribution in [-0.4, -0.2) is 11.2 Å². The van der Waals surface area contributed by atoms with Gasteiger partial charge in [0.2, 0.25) is 0 Å². The minimum Gasteiger partial charge on any atom is -0.393 e. The van der Waals surface area contributed by atoms with Crippen LogP contribution in [0.3, 0.4) is 0 Å². The quantitative estimate of drug-likeness (QED) is 0.527. The molecule has 0 amide bonds. The Kier molecular flexibility index (Phi) is 3.14. The van der Waals surface area contributed by atoms with E-state index in [1.807, 2.05) is 0 Å². The predicted molar refractivity (Wildman–Crippen MR) is 26.0 cm³/mol. The molecule has 0 aromatic rings. The van der Waals surface area contributed by atoms with Gasteiger partial charge in [-0.05, 0) is 13.3 Å². The molecule has 6 heavy (non-hydrogen) atoms. The molecule has 1 heteroatoms. The normalized spacial score (nSPS) is 14.5. The molecule has 0 aromatic carbocycles. The third-order valence-corrected chi connectivity index (χ3v) is 0.537. The van der Waals surface area contributed by atoms with Gasteiger partial charge in [0.1, 0.15) is 0 Å². The fourth-order valence-corrected chi connectivity index (χ4v) is 0.236. The number of hydrogen-bond acceptors (Lipinski definition) is 1. The number of aliphatic hydroxyl groups excluding tert-OH is 1. The number of rotatable bonds is 2. The Hall–Kier alpha value is -0.0400. The van der Waals surface area contributed by atoms with E-state index in [2.05, 4.69) is 13.8 Å². The van der Waals surface area contributed by atoms with Gasteiger partial charge in [-0.1, -0.05) is 13.3 Å². The second-order valence-electron chi connectivity index (χ2n) is 1.30. The molecule has 0 spiro atoms. The van der Waals surface area contributed by atoms with Gasteiger partial charge in [-0.15, -0.1) is 0 Å². The first-order valence-electron chi connectivity index (χ1n) is 2.07. The third kappa shape index (κ3) is 3.96. The van der Waals surface area contributed by atoms with E-state index >= 15 is 0 Å². The van der Waals surface area contributed by atoms with Crippen LogP contribution in [0.2, 0.25) is 0 Å². The molecule has 0 heterocycles. The van der Waals surface area contributed by atoms with E-state index in [1.165, 1.54) is 0 Å². The van der Waals surface area contributed by atoms with Gasteiger partial charge in [0, 0.05) is 0 Å². The van der Waals surface area contributed by atoms with Crippen LogP contribution in [0.1, 0.15) is 12.8 Å². The Balaban J connectivity index is 2.63. The first-order valence-corrected chi connectivity index (χ1v) is 2.07. The maximum atomic E-state index is 8.40.